The molecule has 0 bridgehead atoms. The summed E-state index contributed by atoms with van der Waals surface area (Å²) in [6.45, 7) is 2.07. The Balaban J connectivity index is 1.97. The Labute approximate surface area is 119 Å². The van der Waals surface area contributed by atoms with E-state index in [4.69, 9.17) is 0 Å². The largest absolute Gasteiger partial charge is 0.387 e. The first kappa shape index (κ1) is 14.5. The van der Waals surface area contributed by atoms with Crippen LogP contribution in [0.15, 0.2) is 24.3 Å². The van der Waals surface area contributed by atoms with E-state index >= 15 is 0 Å². The molecule has 0 radical (unpaired) electrons. The van der Waals surface area contributed by atoms with Crippen LogP contribution in [0.25, 0.3) is 0 Å². The quantitative estimate of drug-likeness (QED) is 0.882. The van der Waals surface area contributed by atoms with Crippen molar-refractivity contribution in [3.05, 3.63) is 35.4 Å². The third-order valence-corrected chi connectivity index (χ3v) is 4.11. The van der Waals surface area contributed by atoms with Crippen LogP contribution in [0.1, 0.15) is 42.9 Å². The smallest absolute Gasteiger partial charge is 0.240 e. The number of carbonyl (C=O) groups excluding carboxylic acids is 1. The lowest BCUT2D eigenvalue weighted by Crippen LogP contribution is -2.40. The van der Waals surface area contributed by atoms with Crippen LogP contribution in [0.3, 0.4) is 0 Å². The van der Waals surface area contributed by atoms with Crippen LogP contribution >= 0.6 is 0 Å². The Morgan fingerprint density at radius 1 is 1.45 bits per heavy atom. The lowest BCUT2D eigenvalue weighted by molar-refractivity contribution is -0.128. The summed E-state index contributed by atoms with van der Waals surface area (Å²) in [4.78, 5) is 12.2. The molecule has 1 aromatic rings. The number of nitrogens with one attached hydrogen (secondary N) is 1. The molecule has 1 aliphatic carbocycles. The number of rotatable bonds is 4. The third kappa shape index (κ3) is 2.83. The van der Waals surface area contributed by atoms with E-state index in [-0.39, 0.29) is 12.5 Å². The zero-order valence-electron chi connectivity index (χ0n) is 11.7. The topological polar surface area (TPSA) is 73.1 Å². The molecule has 1 atom stereocenters. The average molecular weight is 272 g/mol. The first-order chi connectivity index (χ1) is 9.59. The van der Waals surface area contributed by atoms with Crippen molar-refractivity contribution < 1.29 is 9.90 Å². The van der Waals surface area contributed by atoms with Crippen LogP contribution in [0.4, 0.5) is 0 Å². The van der Waals surface area contributed by atoms with Crippen molar-refractivity contribution in [1.82, 2.24) is 5.32 Å². The Bertz CT molecular complexity index is 528. The van der Waals surface area contributed by atoms with Crippen LogP contribution in [-0.4, -0.2) is 17.6 Å². The monoisotopic (exact) mass is 272 g/mol. The number of nitriles is 1. The van der Waals surface area contributed by atoms with Gasteiger partial charge in [0, 0.05) is 6.54 Å². The van der Waals surface area contributed by atoms with Crippen molar-refractivity contribution in [3.63, 3.8) is 0 Å². The van der Waals surface area contributed by atoms with Gasteiger partial charge in [0.25, 0.3) is 0 Å². The molecular weight excluding hydrogens is 252 g/mol. The molecule has 1 fully saturated rings. The second-order valence-electron chi connectivity index (χ2n) is 5.48. The van der Waals surface area contributed by atoms with Crippen molar-refractivity contribution in [2.45, 2.75) is 38.7 Å². The number of amides is 1. The van der Waals surface area contributed by atoms with E-state index in [1.165, 1.54) is 0 Å². The highest BCUT2D eigenvalue weighted by Crippen LogP contribution is 2.37. The normalized spacial score (nSPS) is 18.2. The molecule has 2 rings (SSSR count). The molecule has 1 aliphatic rings. The minimum absolute atomic E-state index is 0.146. The minimum Gasteiger partial charge on any atom is -0.387 e. The highest BCUT2D eigenvalue weighted by Gasteiger charge is 2.41. The zero-order valence-corrected chi connectivity index (χ0v) is 11.7. The van der Waals surface area contributed by atoms with E-state index < -0.39 is 11.5 Å². The van der Waals surface area contributed by atoms with Crippen molar-refractivity contribution in [2.75, 3.05) is 6.54 Å². The van der Waals surface area contributed by atoms with Crippen molar-refractivity contribution in [2.24, 2.45) is 5.41 Å². The fourth-order valence-electron chi connectivity index (χ4n) is 2.80. The SMILES string of the molecule is Cc1ccccc1[C@@H](O)CNC(=O)C1(C#N)CCCC1. The highest BCUT2D eigenvalue weighted by molar-refractivity contribution is 5.85. The van der Waals surface area contributed by atoms with Crippen molar-refractivity contribution in [3.8, 4) is 6.07 Å². The summed E-state index contributed by atoms with van der Waals surface area (Å²) >= 11 is 0. The summed E-state index contributed by atoms with van der Waals surface area (Å²) in [6.07, 6.45) is 2.34. The lowest BCUT2D eigenvalue weighted by Gasteiger charge is -2.21. The van der Waals surface area contributed by atoms with E-state index in [9.17, 15) is 15.2 Å². The zero-order chi connectivity index (χ0) is 14.6. The van der Waals surface area contributed by atoms with Crippen LogP contribution in [-0.2, 0) is 4.79 Å². The van der Waals surface area contributed by atoms with Gasteiger partial charge in [-0.25, -0.2) is 0 Å². The number of benzene rings is 1. The molecule has 4 heteroatoms. The number of aryl methyl sites for hydroxylation is 1. The van der Waals surface area contributed by atoms with Gasteiger partial charge in [0.05, 0.1) is 12.2 Å². The maximum Gasteiger partial charge on any atom is 0.240 e. The Morgan fingerprint density at radius 2 is 2.10 bits per heavy atom. The number of aliphatic hydroxyl groups is 1. The van der Waals surface area contributed by atoms with Gasteiger partial charge in [-0.2, -0.15) is 5.26 Å². The number of carbonyl (C=O) groups is 1. The predicted molar refractivity (Wildman–Crippen MR) is 75.7 cm³/mol. The van der Waals surface area contributed by atoms with Gasteiger partial charge in [-0.05, 0) is 30.9 Å². The first-order valence-electron chi connectivity index (χ1n) is 7.02. The van der Waals surface area contributed by atoms with Crippen LogP contribution in [0, 0.1) is 23.7 Å². The molecule has 0 aromatic heterocycles. The summed E-state index contributed by atoms with van der Waals surface area (Å²) < 4.78 is 0. The molecule has 1 amide bonds. The van der Waals surface area contributed by atoms with Gasteiger partial charge in [-0.15, -0.1) is 0 Å². The molecule has 0 spiro atoms. The summed E-state index contributed by atoms with van der Waals surface area (Å²) in [7, 11) is 0. The number of hydrogen-bond donors (Lipinski definition) is 2. The number of hydrogen-bond acceptors (Lipinski definition) is 3. The van der Waals surface area contributed by atoms with Crippen LogP contribution < -0.4 is 5.32 Å². The maximum absolute atomic E-state index is 12.2. The van der Waals surface area contributed by atoms with Gasteiger partial charge < -0.3 is 10.4 Å². The fourth-order valence-corrected chi connectivity index (χ4v) is 2.80. The van der Waals surface area contributed by atoms with Gasteiger partial charge >= 0.3 is 0 Å². The highest BCUT2D eigenvalue weighted by atomic mass is 16.3. The maximum atomic E-state index is 12.2. The van der Waals surface area contributed by atoms with Gasteiger partial charge in [0.1, 0.15) is 5.41 Å². The summed E-state index contributed by atoms with van der Waals surface area (Å²) in [5.74, 6) is -0.245. The molecule has 0 saturated heterocycles. The van der Waals surface area contributed by atoms with Crippen molar-refractivity contribution in [1.29, 1.82) is 5.26 Å². The molecule has 0 heterocycles. The van der Waals surface area contributed by atoms with E-state index in [0.29, 0.717) is 12.8 Å². The van der Waals surface area contributed by atoms with E-state index in [0.717, 1.165) is 24.0 Å². The third-order valence-electron chi connectivity index (χ3n) is 4.11. The van der Waals surface area contributed by atoms with Gasteiger partial charge in [0.2, 0.25) is 5.91 Å². The molecule has 4 nitrogen and oxygen atoms in total. The standard InChI is InChI=1S/C16H20N2O2/c1-12-6-2-3-7-13(12)14(19)10-18-15(20)16(11-17)8-4-5-9-16/h2-3,6-7,14,19H,4-5,8-10H2,1H3,(H,18,20)/t14-/m0/s1. The van der Waals surface area contributed by atoms with Gasteiger partial charge in [0.15, 0.2) is 0 Å². The Hall–Kier alpha value is -1.86. The molecule has 106 valence electrons. The summed E-state index contributed by atoms with van der Waals surface area (Å²) in [5.41, 5.74) is 0.918. The van der Waals surface area contributed by atoms with Crippen LogP contribution in [0.5, 0.6) is 0 Å². The molecular formula is C16H20N2O2. The predicted octanol–water partition coefficient (Wildman–Crippen LogP) is 2.23. The number of aliphatic hydroxyl groups excluding tert-OH is 1. The average Bonchev–Trinajstić information content (AvgIpc) is 2.95. The lowest BCUT2D eigenvalue weighted by atomic mass is 9.87. The molecule has 2 N–H and O–H groups in total. The minimum atomic E-state index is -0.883. The van der Waals surface area contributed by atoms with E-state index in [1.807, 2.05) is 31.2 Å². The van der Waals surface area contributed by atoms with Crippen LogP contribution in [0.2, 0.25) is 0 Å². The fraction of sp³-hybridized carbons (Fsp3) is 0.500. The first-order valence-corrected chi connectivity index (χ1v) is 7.02. The van der Waals surface area contributed by atoms with E-state index in [2.05, 4.69) is 11.4 Å². The molecule has 20 heavy (non-hydrogen) atoms. The number of nitrogens with zero attached hydrogens (tertiary/aromatic N) is 1. The Kier molecular flexibility index (Phi) is 4.41. The molecule has 0 unspecified atom stereocenters. The molecule has 0 aliphatic heterocycles. The second kappa shape index (κ2) is 6.06. The summed E-state index contributed by atoms with van der Waals surface area (Å²) in [5, 5.41) is 22.1. The van der Waals surface area contributed by atoms with E-state index in [1.54, 1.807) is 0 Å². The van der Waals surface area contributed by atoms with Gasteiger partial charge in [-0.3, -0.25) is 4.79 Å². The molecule has 1 aromatic carbocycles. The Morgan fingerprint density at radius 3 is 2.70 bits per heavy atom. The molecule has 1 saturated carbocycles. The van der Waals surface area contributed by atoms with Gasteiger partial charge in [-0.1, -0.05) is 37.1 Å². The van der Waals surface area contributed by atoms with Crippen molar-refractivity contribution >= 4 is 5.91 Å². The second-order valence-corrected chi connectivity index (χ2v) is 5.48. The summed E-state index contributed by atoms with van der Waals surface area (Å²) in [6, 6.07) is 9.70.